The maximum Gasteiger partial charge on any atom is 0.423 e. The smallest absolute Gasteiger partial charge is 0.381 e. The lowest BCUT2D eigenvalue weighted by molar-refractivity contribution is -0.138. The van der Waals surface area contributed by atoms with Gasteiger partial charge in [-0.15, -0.1) is 0 Å². The summed E-state index contributed by atoms with van der Waals surface area (Å²) in [5.74, 6) is -0.994. The molecule has 0 aliphatic rings. The molecule has 4 aromatic rings. The number of pyridine rings is 1. The van der Waals surface area contributed by atoms with Crippen molar-refractivity contribution in [2.24, 2.45) is 0 Å². The number of aromatic nitrogens is 5. The van der Waals surface area contributed by atoms with Crippen LogP contribution in [0.2, 0.25) is 0 Å². The first kappa shape index (κ1) is 28.7. The normalized spacial score (nSPS) is 14.2. The maximum absolute atomic E-state index is 14.9. The van der Waals surface area contributed by atoms with Gasteiger partial charge in [0.2, 0.25) is 0 Å². The van der Waals surface area contributed by atoms with E-state index in [1.165, 1.54) is 25.3 Å². The van der Waals surface area contributed by atoms with Crippen LogP contribution in [0.25, 0.3) is 22.2 Å². The van der Waals surface area contributed by atoms with Gasteiger partial charge < -0.3 is 9.88 Å². The topological polar surface area (TPSA) is 106 Å². The van der Waals surface area contributed by atoms with Gasteiger partial charge in [-0.2, -0.15) is 18.3 Å². The van der Waals surface area contributed by atoms with Crippen LogP contribution in [0.3, 0.4) is 0 Å². The number of alkyl halides is 6. The van der Waals surface area contributed by atoms with Gasteiger partial charge in [0.15, 0.2) is 12.0 Å². The Kier molecular flexibility index (Phi) is 8.21. The quantitative estimate of drug-likeness (QED) is 0.277. The minimum Gasteiger partial charge on any atom is -0.381 e. The average molecular weight is 570 g/mol. The van der Waals surface area contributed by atoms with Crippen molar-refractivity contribution in [2.75, 3.05) is 12.0 Å². The van der Waals surface area contributed by atoms with Crippen molar-refractivity contribution in [1.82, 2.24) is 24.7 Å². The molecule has 0 saturated carbocycles. The molecule has 40 heavy (non-hydrogen) atoms. The summed E-state index contributed by atoms with van der Waals surface area (Å²) >= 11 is 0. The molecule has 15 heteroatoms. The lowest BCUT2D eigenvalue weighted by Gasteiger charge is -2.20. The zero-order chi connectivity index (χ0) is 29.2. The summed E-state index contributed by atoms with van der Waals surface area (Å²) < 4.78 is 96.4. The number of H-pyrrole nitrogens is 1. The van der Waals surface area contributed by atoms with Crippen molar-refractivity contribution < 1.29 is 30.7 Å². The monoisotopic (exact) mass is 570 g/mol. The Morgan fingerprint density at radius 1 is 1.10 bits per heavy atom. The van der Waals surface area contributed by atoms with E-state index in [-0.39, 0.29) is 34.1 Å². The van der Waals surface area contributed by atoms with Crippen LogP contribution in [0.4, 0.5) is 36.4 Å². The standard InChI is InChI=1S/C25H21F7N6O2/c1-12(36-20-10-35-37-23(39)21(20)25(30,31)32)4-15(27)11-38-3-2-13-5-17(18(28)6-16(13)24(38)40)22-33-8-14(9-34-22)19(29)7-26/h2-3,5-6,8-10,12,15,19H,4,7,11H2,1H3,(H2,36,37,39)/t12-,15+,19+/m1/s1. The first-order chi connectivity index (χ1) is 18.9. The van der Waals surface area contributed by atoms with Gasteiger partial charge in [0.1, 0.15) is 24.2 Å². The Hall–Kier alpha value is -4.30. The van der Waals surface area contributed by atoms with Crippen LogP contribution in [0.5, 0.6) is 0 Å². The lowest BCUT2D eigenvalue weighted by Crippen LogP contribution is -2.30. The number of hydrogen-bond acceptors (Lipinski definition) is 6. The molecule has 0 bridgehead atoms. The molecule has 0 unspecified atom stereocenters. The highest BCUT2D eigenvalue weighted by Gasteiger charge is 2.37. The van der Waals surface area contributed by atoms with Crippen molar-refractivity contribution in [1.29, 1.82) is 0 Å². The number of fused-ring (bicyclic) bond motifs is 1. The lowest BCUT2D eigenvalue weighted by atomic mass is 10.1. The van der Waals surface area contributed by atoms with Crippen LogP contribution >= 0.6 is 0 Å². The molecular formula is C25H21F7N6O2. The number of nitrogens with zero attached hydrogens (tertiary/aromatic N) is 4. The summed E-state index contributed by atoms with van der Waals surface area (Å²) in [5, 5.41) is 7.67. The first-order valence-electron chi connectivity index (χ1n) is 11.8. The average Bonchev–Trinajstić information content (AvgIpc) is 2.89. The van der Waals surface area contributed by atoms with Gasteiger partial charge >= 0.3 is 6.18 Å². The van der Waals surface area contributed by atoms with E-state index in [9.17, 15) is 40.3 Å². The number of halogens is 7. The van der Waals surface area contributed by atoms with E-state index in [2.05, 4.69) is 20.4 Å². The Labute approximate surface area is 220 Å². The zero-order valence-electron chi connectivity index (χ0n) is 20.6. The number of benzene rings is 1. The van der Waals surface area contributed by atoms with Crippen molar-refractivity contribution in [3.05, 3.63) is 80.6 Å². The summed E-state index contributed by atoms with van der Waals surface area (Å²) in [7, 11) is 0. The number of anilines is 1. The molecule has 3 heterocycles. The fourth-order valence-electron chi connectivity index (χ4n) is 4.13. The third kappa shape index (κ3) is 6.13. The van der Waals surface area contributed by atoms with Crippen LogP contribution < -0.4 is 16.4 Å². The molecule has 8 nitrogen and oxygen atoms in total. The summed E-state index contributed by atoms with van der Waals surface area (Å²) in [6.45, 7) is -0.347. The molecule has 0 fully saturated rings. The van der Waals surface area contributed by atoms with Crippen LogP contribution in [0.1, 0.15) is 30.6 Å². The molecule has 212 valence electrons. The van der Waals surface area contributed by atoms with Gasteiger partial charge in [-0.25, -0.2) is 32.6 Å². The van der Waals surface area contributed by atoms with E-state index < -0.39 is 66.0 Å². The van der Waals surface area contributed by atoms with Crippen LogP contribution in [0.15, 0.2) is 52.6 Å². The molecule has 0 spiro atoms. The van der Waals surface area contributed by atoms with Crippen molar-refractivity contribution in [3.8, 4) is 11.4 Å². The van der Waals surface area contributed by atoms with Crippen molar-refractivity contribution in [3.63, 3.8) is 0 Å². The third-order valence-electron chi connectivity index (χ3n) is 6.02. The molecule has 0 saturated heterocycles. The number of hydrogen-bond donors (Lipinski definition) is 2. The van der Waals surface area contributed by atoms with Gasteiger partial charge in [0, 0.05) is 36.6 Å². The molecule has 0 aliphatic carbocycles. The number of nitrogens with one attached hydrogen (secondary N) is 2. The second-order valence-corrected chi connectivity index (χ2v) is 9.02. The van der Waals surface area contributed by atoms with Gasteiger partial charge in [0.05, 0.1) is 29.4 Å². The van der Waals surface area contributed by atoms with E-state index >= 15 is 0 Å². The zero-order valence-corrected chi connectivity index (χ0v) is 20.6. The van der Waals surface area contributed by atoms with Crippen LogP contribution in [0, 0.1) is 5.82 Å². The predicted octanol–water partition coefficient (Wildman–Crippen LogP) is 4.91. The summed E-state index contributed by atoms with van der Waals surface area (Å²) in [6, 6.07) is 2.76. The molecule has 3 aromatic heterocycles. The predicted molar refractivity (Wildman–Crippen MR) is 131 cm³/mol. The van der Waals surface area contributed by atoms with Crippen LogP contribution in [-0.2, 0) is 12.7 Å². The van der Waals surface area contributed by atoms with Gasteiger partial charge in [-0.3, -0.25) is 9.59 Å². The Balaban J connectivity index is 1.51. The Morgan fingerprint density at radius 3 is 2.45 bits per heavy atom. The van der Waals surface area contributed by atoms with Crippen LogP contribution in [-0.4, -0.2) is 43.6 Å². The minimum absolute atomic E-state index is 0.0793. The minimum atomic E-state index is -4.97. The third-order valence-corrected chi connectivity index (χ3v) is 6.02. The van der Waals surface area contributed by atoms with Crippen molar-refractivity contribution >= 4 is 16.5 Å². The fourth-order valence-corrected chi connectivity index (χ4v) is 4.13. The number of rotatable bonds is 9. The second-order valence-electron chi connectivity index (χ2n) is 9.02. The highest BCUT2D eigenvalue weighted by Crippen LogP contribution is 2.32. The molecule has 3 atom stereocenters. The van der Waals surface area contributed by atoms with E-state index in [1.807, 2.05) is 0 Å². The van der Waals surface area contributed by atoms with Gasteiger partial charge in [-0.05, 0) is 30.5 Å². The SMILES string of the molecule is C[C@H](C[C@H](F)Cn1ccc2cc(-c3ncc([C@@H](F)CF)cn3)c(F)cc2c1=O)Nc1cn[nH]c(=O)c1C(F)(F)F. The Bertz CT molecular complexity index is 1620. The number of aromatic amines is 1. The molecule has 1 aromatic carbocycles. The van der Waals surface area contributed by atoms with E-state index in [1.54, 1.807) is 5.10 Å². The summed E-state index contributed by atoms with van der Waals surface area (Å²) in [6.07, 6.45) is -4.82. The second kappa shape index (κ2) is 11.4. The highest BCUT2D eigenvalue weighted by molar-refractivity contribution is 5.86. The molecule has 0 aliphatic heterocycles. The fraction of sp³-hybridized carbons (Fsp3) is 0.320. The summed E-state index contributed by atoms with van der Waals surface area (Å²) in [4.78, 5) is 32.2. The van der Waals surface area contributed by atoms with Gasteiger partial charge in [0.25, 0.3) is 11.1 Å². The largest absolute Gasteiger partial charge is 0.423 e. The molecular weight excluding hydrogens is 549 g/mol. The molecule has 4 rings (SSSR count). The summed E-state index contributed by atoms with van der Waals surface area (Å²) in [5.41, 5.74) is -4.49. The first-order valence-corrected chi connectivity index (χ1v) is 11.8. The van der Waals surface area contributed by atoms with Gasteiger partial charge in [-0.1, -0.05) is 0 Å². The highest BCUT2D eigenvalue weighted by atomic mass is 19.4. The Morgan fingerprint density at radius 2 is 1.80 bits per heavy atom. The molecule has 0 amide bonds. The molecule has 2 N–H and O–H groups in total. The van der Waals surface area contributed by atoms with E-state index in [0.717, 1.165) is 29.2 Å². The molecule has 0 radical (unpaired) electrons. The maximum atomic E-state index is 14.9. The van der Waals surface area contributed by atoms with Crippen molar-refractivity contribution in [2.45, 2.75) is 44.5 Å². The van der Waals surface area contributed by atoms with E-state index in [4.69, 9.17) is 0 Å². The van der Waals surface area contributed by atoms with E-state index in [0.29, 0.717) is 0 Å².